The van der Waals surface area contributed by atoms with Crippen LogP contribution >= 0.6 is 0 Å². The fourth-order valence-corrected chi connectivity index (χ4v) is 2.93. The molecule has 1 heterocycles. The summed E-state index contributed by atoms with van der Waals surface area (Å²) in [6.07, 6.45) is 0. The molecule has 0 aliphatic heterocycles. The van der Waals surface area contributed by atoms with E-state index in [9.17, 15) is 22.8 Å². The summed E-state index contributed by atoms with van der Waals surface area (Å²) in [5.41, 5.74) is -3.24. The van der Waals surface area contributed by atoms with Gasteiger partial charge in [-0.3, -0.25) is 9.59 Å². The molecule has 9 nitrogen and oxygen atoms in total. The van der Waals surface area contributed by atoms with Crippen LogP contribution in [0.1, 0.15) is 37.7 Å². The van der Waals surface area contributed by atoms with Gasteiger partial charge in [0.05, 0.1) is 16.8 Å². The van der Waals surface area contributed by atoms with Gasteiger partial charge in [-0.2, -0.15) is 18.4 Å². The molecule has 1 aromatic heterocycles. The number of fused-ring (bicyclic) bond motifs is 2. The third-order valence-electron chi connectivity index (χ3n) is 4.35. The van der Waals surface area contributed by atoms with Crippen molar-refractivity contribution in [3.8, 4) is 11.8 Å². The standard InChI is InChI=1S/C18H11N4O2.CHF3O3S/c1-21-15-16(18(24)14-5-3-2-4-13(14)17(15)23)22(20-21)12-8-6-11(10-19)7-9-12;2-1(3,4)8(5,6)7/h2-9H,1H3;(H,5,6,7)/q+1;/p-1. The molecule has 32 heavy (non-hydrogen) atoms. The van der Waals surface area contributed by atoms with Crippen LogP contribution in [0, 0.1) is 11.3 Å². The lowest BCUT2D eigenvalue weighted by Gasteiger charge is -2.10. The van der Waals surface area contributed by atoms with Crippen LogP contribution in [0.25, 0.3) is 5.69 Å². The van der Waals surface area contributed by atoms with Crippen molar-refractivity contribution >= 4 is 21.7 Å². The molecule has 2 aromatic carbocycles. The monoisotopic (exact) mass is 464 g/mol. The second-order valence-corrected chi connectivity index (χ2v) is 7.76. The molecule has 1 aliphatic rings. The number of benzene rings is 2. The van der Waals surface area contributed by atoms with Crippen molar-refractivity contribution in [2.75, 3.05) is 0 Å². The summed E-state index contributed by atoms with van der Waals surface area (Å²) in [7, 11) is -4.45. The van der Waals surface area contributed by atoms with Gasteiger partial charge >= 0.3 is 5.51 Å². The fourth-order valence-electron chi connectivity index (χ4n) is 2.93. The molecule has 0 amide bonds. The molecule has 0 atom stereocenters. The molecular weight excluding hydrogens is 453 g/mol. The molecule has 0 saturated carbocycles. The van der Waals surface area contributed by atoms with E-state index in [2.05, 4.69) is 5.21 Å². The van der Waals surface area contributed by atoms with E-state index < -0.39 is 15.6 Å². The van der Waals surface area contributed by atoms with Crippen LogP contribution in [0.15, 0.2) is 48.5 Å². The summed E-state index contributed by atoms with van der Waals surface area (Å²) < 4.78 is 61.8. The van der Waals surface area contributed by atoms with E-state index >= 15 is 0 Å². The van der Waals surface area contributed by atoms with Gasteiger partial charge in [-0.05, 0) is 24.3 Å². The molecule has 0 spiro atoms. The van der Waals surface area contributed by atoms with Gasteiger partial charge < -0.3 is 4.55 Å². The highest BCUT2D eigenvalue weighted by molar-refractivity contribution is 7.86. The highest BCUT2D eigenvalue weighted by Crippen LogP contribution is 2.26. The Labute approximate surface area is 178 Å². The van der Waals surface area contributed by atoms with Gasteiger partial charge in [0.1, 0.15) is 7.05 Å². The summed E-state index contributed by atoms with van der Waals surface area (Å²) in [4.78, 5) is 25.7. The number of aromatic nitrogens is 3. The lowest BCUT2D eigenvalue weighted by molar-refractivity contribution is -0.733. The third kappa shape index (κ3) is 4.01. The number of carbonyl (C=O) groups is 2. The van der Waals surface area contributed by atoms with Crippen molar-refractivity contribution in [2.45, 2.75) is 5.51 Å². The zero-order chi connectivity index (χ0) is 23.8. The van der Waals surface area contributed by atoms with E-state index in [1.165, 1.54) is 9.36 Å². The number of rotatable bonds is 1. The second kappa shape index (κ2) is 7.98. The number of carbonyl (C=O) groups excluding carboxylic acids is 2. The third-order valence-corrected chi connectivity index (χ3v) is 4.92. The number of alkyl halides is 3. The zero-order valence-electron chi connectivity index (χ0n) is 16.0. The van der Waals surface area contributed by atoms with Crippen LogP contribution < -0.4 is 4.68 Å². The average Bonchev–Trinajstić information content (AvgIpc) is 3.09. The molecule has 0 saturated heterocycles. The minimum Gasteiger partial charge on any atom is -0.741 e. The molecule has 0 unspecified atom stereocenters. The second-order valence-electron chi connectivity index (χ2n) is 6.38. The smallest absolute Gasteiger partial charge is 0.485 e. The van der Waals surface area contributed by atoms with Crippen molar-refractivity contribution in [2.24, 2.45) is 7.05 Å². The quantitative estimate of drug-likeness (QED) is 0.236. The molecule has 3 aromatic rings. The van der Waals surface area contributed by atoms with E-state index in [-0.39, 0.29) is 23.0 Å². The first-order valence-corrected chi connectivity index (χ1v) is 9.98. The molecule has 164 valence electrons. The van der Waals surface area contributed by atoms with Crippen LogP contribution in [-0.4, -0.2) is 39.9 Å². The Morgan fingerprint density at radius 3 is 2.00 bits per heavy atom. The van der Waals surface area contributed by atoms with Crippen molar-refractivity contribution in [1.29, 1.82) is 5.26 Å². The number of hydrogen-bond acceptors (Lipinski definition) is 7. The van der Waals surface area contributed by atoms with Crippen LogP contribution in [0.5, 0.6) is 0 Å². The maximum absolute atomic E-state index is 12.9. The Balaban J connectivity index is 0.000000312. The molecule has 0 radical (unpaired) electrons. The fraction of sp³-hybridized carbons (Fsp3) is 0.105. The Morgan fingerprint density at radius 1 is 1.03 bits per heavy atom. The molecule has 1 aliphatic carbocycles. The predicted molar refractivity (Wildman–Crippen MR) is 98.5 cm³/mol. The normalized spacial score (nSPS) is 12.9. The van der Waals surface area contributed by atoms with Crippen LogP contribution in [-0.2, 0) is 17.2 Å². The summed E-state index contributed by atoms with van der Waals surface area (Å²) >= 11 is 0. The Morgan fingerprint density at radius 2 is 1.53 bits per heavy atom. The van der Waals surface area contributed by atoms with E-state index in [0.717, 1.165) is 0 Å². The summed E-state index contributed by atoms with van der Waals surface area (Å²) in [5, 5.41) is 13.2. The van der Waals surface area contributed by atoms with Gasteiger partial charge in [0, 0.05) is 11.1 Å². The predicted octanol–water partition coefficient (Wildman–Crippen LogP) is 1.40. The first kappa shape index (κ1) is 22.8. The van der Waals surface area contributed by atoms with E-state index in [0.29, 0.717) is 22.4 Å². The lowest BCUT2D eigenvalue weighted by Crippen LogP contribution is -2.39. The van der Waals surface area contributed by atoms with Crippen molar-refractivity contribution in [3.63, 3.8) is 0 Å². The van der Waals surface area contributed by atoms with Gasteiger partial charge in [0.25, 0.3) is 5.69 Å². The molecular formula is C19H11F3N4O5S. The SMILES string of the molecule is C[n+]1nn(-c2ccc(C#N)cc2)c2c1C(=O)c1ccccc1C2=O.O=S(=O)([O-])C(F)(F)F. The van der Waals surface area contributed by atoms with Gasteiger partial charge in [-0.25, -0.2) is 8.42 Å². The largest absolute Gasteiger partial charge is 0.741 e. The summed E-state index contributed by atoms with van der Waals surface area (Å²) in [6, 6.07) is 15.5. The number of ketones is 2. The minimum atomic E-state index is -6.09. The zero-order valence-corrected chi connectivity index (χ0v) is 16.8. The average molecular weight is 464 g/mol. The van der Waals surface area contributed by atoms with E-state index in [4.69, 9.17) is 18.2 Å². The van der Waals surface area contributed by atoms with Crippen LogP contribution in [0.4, 0.5) is 13.2 Å². The highest BCUT2D eigenvalue weighted by atomic mass is 32.2. The molecule has 4 rings (SSSR count). The molecule has 13 heteroatoms. The van der Waals surface area contributed by atoms with Crippen molar-refractivity contribution < 1.29 is 40.4 Å². The number of nitriles is 1. The molecule has 0 bridgehead atoms. The summed E-state index contributed by atoms with van der Waals surface area (Å²) in [5.74, 6) is -0.458. The van der Waals surface area contributed by atoms with E-state index in [1.54, 1.807) is 55.6 Å². The maximum Gasteiger partial charge on any atom is 0.485 e. The minimum absolute atomic E-state index is 0.220. The topological polar surface area (TPSA) is 137 Å². The van der Waals surface area contributed by atoms with Crippen molar-refractivity contribution in [1.82, 2.24) is 9.90 Å². The van der Waals surface area contributed by atoms with Gasteiger partial charge in [0.2, 0.25) is 17.3 Å². The highest BCUT2D eigenvalue weighted by Gasteiger charge is 2.42. The summed E-state index contributed by atoms with van der Waals surface area (Å²) in [6.45, 7) is 0. The van der Waals surface area contributed by atoms with Crippen molar-refractivity contribution in [3.05, 3.63) is 76.6 Å². The van der Waals surface area contributed by atoms with Gasteiger partial charge in [0.15, 0.2) is 15.8 Å². The van der Waals surface area contributed by atoms with Gasteiger partial charge in [-0.1, -0.05) is 28.9 Å². The Bertz CT molecular complexity index is 1390. The maximum atomic E-state index is 12.9. The number of halogens is 3. The molecule has 0 fully saturated rings. The van der Waals surface area contributed by atoms with Crippen LogP contribution in [0.2, 0.25) is 0 Å². The number of nitrogens with zero attached hydrogens (tertiary/aromatic N) is 4. The Kier molecular flexibility index (Phi) is 5.69. The first-order valence-electron chi connectivity index (χ1n) is 8.57. The molecule has 0 N–H and O–H groups in total. The number of aryl methyl sites for hydroxylation is 1. The first-order chi connectivity index (χ1) is 14.9. The number of hydrogen-bond donors (Lipinski definition) is 0. The van der Waals surface area contributed by atoms with E-state index in [1.807, 2.05) is 6.07 Å². The lowest BCUT2D eigenvalue weighted by atomic mass is 9.90. The Hall–Kier alpha value is -3.89. The van der Waals surface area contributed by atoms with Crippen LogP contribution in [0.3, 0.4) is 0 Å². The van der Waals surface area contributed by atoms with Gasteiger partial charge in [-0.15, -0.1) is 4.68 Å².